The van der Waals surface area contributed by atoms with Crippen molar-refractivity contribution in [1.82, 2.24) is 0 Å². The van der Waals surface area contributed by atoms with Gasteiger partial charge in [0.05, 0.1) is 0 Å². The largest absolute Gasteiger partial charge is 0.478 e. The van der Waals surface area contributed by atoms with Crippen LogP contribution in [0.5, 0.6) is 0 Å². The number of hydrogen-bond acceptors (Lipinski definition) is 1. The van der Waals surface area contributed by atoms with Crippen molar-refractivity contribution >= 4 is 5.97 Å². The summed E-state index contributed by atoms with van der Waals surface area (Å²) in [5.41, 5.74) is 0.353. The summed E-state index contributed by atoms with van der Waals surface area (Å²) in [5, 5.41) is 8.70. The third kappa shape index (κ3) is 3.56. The molecule has 0 fully saturated rings. The molecule has 0 aromatic heterocycles. The minimum atomic E-state index is -0.859. The number of aliphatic carboxylic acids is 1. The highest BCUT2D eigenvalue weighted by molar-refractivity contribution is 5.86. The highest BCUT2D eigenvalue weighted by Crippen LogP contribution is 2.22. The van der Waals surface area contributed by atoms with E-state index in [2.05, 4.69) is 20.4 Å². The lowest BCUT2D eigenvalue weighted by Crippen LogP contribution is -2.13. The predicted molar refractivity (Wildman–Crippen MR) is 50.0 cm³/mol. The molecule has 1 unspecified atom stereocenters. The van der Waals surface area contributed by atoms with Gasteiger partial charge in [-0.15, -0.1) is 0 Å². The predicted octanol–water partition coefficient (Wildman–Crippen LogP) is 2.70. The van der Waals surface area contributed by atoms with Gasteiger partial charge in [-0.3, -0.25) is 0 Å². The average Bonchev–Trinajstić information content (AvgIpc) is 1.98. The Morgan fingerprint density at radius 1 is 1.50 bits per heavy atom. The molecule has 0 rings (SSSR count). The van der Waals surface area contributed by atoms with E-state index in [0.717, 1.165) is 12.8 Å². The van der Waals surface area contributed by atoms with E-state index in [1.165, 1.54) is 0 Å². The second kappa shape index (κ2) is 4.96. The van der Waals surface area contributed by atoms with E-state index in [-0.39, 0.29) is 5.92 Å². The van der Waals surface area contributed by atoms with Crippen molar-refractivity contribution in [1.29, 1.82) is 0 Å². The first-order chi connectivity index (χ1) is 5.49. The lowest BCUT2D eigenvalue weighted by Gasteiger charge is -2.16. The molecular formula is C10H18O2. The molecule has 0 aromatic carbocycles. The molecule has 2 heteroatoms. The van der Waals surface area contributed by atoms with Gasteiger partial charge in [0.25, 0.3) is 0 Å². The van der Waals surface area contributed by atoms with Crippen LogP contribution in [-0.4, -0.2) is 11.1 Å². The standard InChI is InChI=1S/C10H18O2/c1-5-9(6-7(2)3)8(4)10(11)12/h7,9H,4-6H2,1-3H3,(H,11,12). The number of hydrogen-bond donors (Lipinski definition) is 1. The molecule has 0 amide bonds. The number of carboxylic acid groups (broad SMARTS) is 1. The average molecular weight is 170 g/mol. The fourth-order valence-electron chi connectivity index (χ4n) is 1.30. The molecule has 0 bridgehead atoms. The van der Waals surface area contributed by atoms with E-state index in [0.29, 0.717) is 11.5 Å². The Kier molecular flexibility index (Phi) is 4.64. The molecule has 70 valence electrons. The smallest absolute Gasteiger partial charge is 0.331 e. The molecule has 0 heterocycles. The molecule has 0 aliphatic heterocycles. The first-order valence-electron chi connectivity index (χ1n) is 4.41. The van der Waals surface area contributed by atoms with Crippen LogP contribution in [0, 0.1) is 11.8 Å². The van der Waals surface area contributed by atoms with Crippen molar-refractivity contribution in [3.8, 4) is 0 Å². The molecule has 0 aliphatic carbocycles. The van der Waals surface area contributed by atoms with Crippen LogP contribution < -0.4 is 0 Å². The summed E-state index contributed by atoms with van der Waals surface area (Å²) < 4.78 is 0. The van der Waals surface area contributed by atoms with E-state index in [9.17, 15) is 4.79 Å². The van der Waals surface area contributed by atoms with E-state index in [1.807, 2.05) is 6.92 Å². The first kappa shape index (κ1) is 11.2. The van der Waals surface area contributed by atoms with Gasteiger partial charge in [0.15, 0.2) is 0 Å². The summed E-state index contributed by atoms with van der Waals surface area (Å²) >= 11 is 0. The molecule has 0 radical (unpaired) electrons. The van der Waals surface area contributed by atoms with Crippen molar-refractivity contribution < 1.29 is 9.90 Å². The Labute approximate surface area is 74.3 Å². The van der Waals surface area contributed by atoms with Crippen LogP contribution in [0.25, 0.3) is 0 Å². The van der Waals surface area contributed by atoms with E-state index in [4.69, 9.17) is 5.11 Å². The second-order valence-electron chi connectivity index (χ2n) is 3.57. The summed E-state index contributed by atoms with van der Waals surface area (Å²) in [6.45, 7) is 9.77. The van der Waals surface area contributed by atoms with Gasteiger partial charge < -0.3 is 5.11 Å². The fraction of sp³-hybridized carbons (Fsp3) is 0.700. The number of carboxylic acids is 1. The van der Waals surface area contributed by atoms with Crippen LogP contribution in [0.15, 0.2) is 12.2 Å². The van der Waals surface area contributed by atoms with Gasteiger partial charge in [-0.2, -0.15) is 0 Å². The van der Waals surface area contributed by atoms with Gasteiger partial charge in [0.2, 0.25) is 0 Å². The molecular weight excluding hydrogens is 152 g/mol. The normalized spacial score (nSPS) is 13.0. The van der Waals surface area contributed by atoms with Crippen molar-refractivity contribution in [2.75, 3.05) is 0 Å². The number of rotatable bonds is 5. The molecule has 0 saturated carbocycles. The molecule has 1 N–H and O–H groups in total. The third-order valence-corrected chi connectivity index (χ3v) is 2.02. The Bertz CT molecular complexity index is 171. The Morgan fingerprint density at radius 2 is 2.00 bits per heavy atom. The van der Waals surface area contributed by atoms with Crippen molar-refractivity contribution in [2.45, 2.75) is 33.6 Å². The van der Waals surface area contributed by atoms with Gasteiger partial charge >= 0.3 is 5.97 Å². The minimum absolute atomic E-state index is 0.141. The zero-order chi connectivity index (χ0) is 9.72. The van der Waals surface area contributed by atoms with Crippen LogP contribution in [0.3, 0.4) is 0 Å². The lowest BCUT2D eigenvalue weighted by atomic mass is 9.89. The van der Waals surface area contributed by atoms with Crippen molar-refractivity contribution in [2.24, 2.45) is 11.8 Å². The molecule has 12 heavy (non-hydrogen) atoms. The quantitative estimate of drug-likeness (QED) is 0.644. The van der Waals surface area contributed by atoms with Crippen LogP contribution in [0.4, 0.5) is 0 Å². The molecule has 0 aromatic rings. The van der Waals surface area contributed by atoms with Gasteiger partial charge in [-0.05, 0) is 24.7 Å². The maximum atomic E-state index is 10.6. The zero-order valence-electron chi connectivity index (χ0n) is 8.13. The monoisotopic (exact) mass is 170 g/mol. The summed E-state index contributed by atoms with van der Waals surface area (Å²) in [4.78, 5) is 10.6. The van der Waals surface area contributed by atoms with E-state index < -0.39 is 5.97 Å². The minimum Gasteiger partial charge on any atom is -0.478 e. The van der Waals surface area contributed by atoms with Gasteiger partial charge in [-0.1, -0.05) is 27.4 Å². The van der Waals surface area contributed by atoms with Gasteiger partial charge in [-0.25, -0.2) is 4.79 Å². The summed E-state index contributed by atoms with van der Waals surface area (Å²) in [5.74, 6) is -0.184. The van der Waals surface area contributed by atoms with E-state index in [1.54, 1.807) is 0 Å². The molecule has 0 spiro atoms. The molecule has 0 aliphatic rings. The SMILES string of the molecule is C=C(C(=O)O)C(CC)CC(C)C. The maximum Gasteiger partial charge on any atom is 0.331 e. The van der Waals surface area contributed by atoms with Crippen LogP contribution in [0.1, 0.15) is 33.6 Å². The number of carbonyl (C=O) groups is 1. The van der Waals surface area contributed by atoms with Crippen LogP contribution in [-0.2, 0) is 4.79 Å². The highest BCUT2D eigenvalue weighted by atomic mass is 16.4. The summed E-state index contributed by atoms with van der Waals surface area (Å²) in [7, 11) is 0. The molecule has 0 saturated heterocycles. The molecule has 2 nitrogen and oxygen atoms in total. The van der Waals surface area contributed by atoms with E-state index >= 15 is 0 Å². The first-order valence-corrected chi connectivity index (χ1v) is 4.41. The van der Waals surface area contributed by atoms with Crippen LogP contribution in [0.2, 0.25) is 0 Å². The van der Waals surface area contributed by atoms with Gasteiger partial charge in [0.1, 0.15) is 0 Å². The van der Waals surface area contributed by atoms with Crippen LogP contribution >= 0.6 is 0 Å². The fourth-order valence-corrected chi connectivity index (χ4v) is 1.30. The molecule has 1 atom stereocenters. The lowest BCUT2D eigenvalue weighted by molar-refractivity contribution is -0.133. The zero-order valence-corrected chi connectivity index (χ0v) is 8.13. The topological polar surface area (TPSA) is 37.3 Å². The van der Waals surface area contributed by atoms with Crippen molar-refractivity contribution in [3.05, 3.63) is 12.2 Å². The Hall–Kier alpha value is -0.790. The van der Waals surface area contributed by atoms with Gasteiger partial charge in [0, 0.05) is 5.57 Å². The maximum absolute atomic E-state index is 10.6. The third-order valence-electron chi connectivity index (χ3n) is 2.02. The second-order valence-corrected chi connectivity index (χ2v) is 3.57. The Morgan fingerprint density at radius 3 is 2.25 bits per heavy atom. The Balaban J connectivity index is 4.15. The summed E-state index contributed by atoms with van der Waals surface area (Å²) in [6.07, 6.45) is 1.78. The summed E-state index contributed by atoms with van der Waals surface area (Å²) in [6, 6.07) is 0. The van der Waals surface area contributed by atoms with Crippen molar-refractivity contribution in [3.63, 3.8) is 0 Å². The highest BCUT2D eigenvalue weighted by Gasteiger charge is 2.17.